The zero-order valence-electron chi connectivity index (χ0n) is 8.40. The minimum atomic E-state index is 0.536. The highest BCUT2D eigenvalue weighted by Crippen LogP contribution is 2.14. The van der Waals surface area contributed by atoms with E-state index >= 15 is 0 Å². The molecule has 0 aliphatic rings. The van der Waals surface area contributed by atoms with Gasteiger partial charge in [0.05, 0.1) is 23.4 Å². The van der Waals surface area contributed by atoms with E-state index in [0.29, 0.717) is 5.82 Å². The van der Waals surface area contributed by atoms with Gasteiger partial charge in [0.1, 0.15) is 5.82 Å². The van der Waals surface area contributed by atoms with Crippen molar-refractivity contribution < 1.29 is 0 Å². The van der Waals surface area contributed by atoms with E-state index in [1.54, 1.807) is 23.6 Å². The molecular weight excluding hydrogens is 208 g/mol. The van der Waals surface area contributed by atoms with Crippen LogP contribution in [-0.4, -0.2) is 9.97 Å². The molecule has 0 aliphatic heterocycles. The number of aryl methyl sites for hydroxylation is 1. The Morgan fingerprint density at radius 3 is 2.80 bits per heavy atom. The van der Waals surface area contributed by atoms with Gasteiger partial charge in [-0.1, -0.05) is 0 Å². The zero-order valence-corrected chi connectivity index (χ0v) is 9.21. The number of hydrogen-bond acceptors (Lipinski definition) is 5. The van der Waals surface area contributed by atoms with Gasteiger partial charge in [0, 0.05) is 11.1 Å². The van der Waals surface area contributed by atoms with Crippen molar-refractivity contribution in [3.8, 4) is 0 Å². The molecular formula is C10H12N4S. The minimum Gasteiger partial charge on any atom is -0.384 e. The van der Waals surface area contributed by atoms with Gasteiger partial charge in [0.2, 0.25) is 0 Å². The molecule has 0 saturated heterocycles. The Morgan fingerprint density at radius 2 is 2.20 bits per heavy atom. The van der Waals surface area contributed by atoms with Gasteiger partial charge in [-0.05, 0) is 19.1 Å². The predicted octanol–water partition coefficient (Wildman–Crippen LogP) is 2.04. The van der Waals surface area contributed by atoms with E-state index in [0.717, 1.165) is 17.2 Å². The topological polar surface area (TPSA) is 63.8 Å². The van der Waals surface area contributed by atoms with Gasteiger partial charge in [-0.25, -0.2) is 9.97 Å². The number of nitrogens with two attached hydrogens (primary N) is 1. The first-order chi connectivity index (χ1) is 7.24. The second kappa shape index (κ2) is 4.27. The third-order valence-electron chi connectivity index (χ3n) is 1.92. The van der Waals surface area contributed by atoms with Crippen LogP contribution in [0.25, 0.3) is 0 Å². The lowest BCUT2D eigenvalue weighted by Crippen LogP contribution is -1.98. The lowest BCUT2D eigenvalue weighted by atomic mass is 10.4. The Bertz CT molecular complexity index is 435. The van der Waals surface area contributed by atoms with Crippen LogP contribution in [0.3, 0.4) is 0 Å². The fourth-order valence-corrected chi connectivity index (χ4v) is 1.92. The van der Waals surface area contributed by atoms with Gasteiger partial charge in [-0.15, -0.1) is 11.3 Å². The number of hydrogen-bond donors (Lipinski definition) is 2. The van der Waals surface area contributed by atoms with Crippen molar-refractivity contribution in [2.45, 2.75) is 13.5 Å². The third kappa shape index (κ3) is 2.66. The first-order valence-corrected chi connectivity index (χ1v) is 5.42. The van der Waals surface area contributed by atoms with Gasteiger partial charge in [-0.2, -0.15) is 0 Å². The number of nitrogens with one attached hydrogen (secondary N) is 1. The van der Waals surface area contributed by atoms with Crippen LogP contribution in [0, 0.1) is 6.92 Å². The van der Waals surface area contributed by atoms with E-state index in [9.17, 15) is 0 Å². The number of anilines is 2. The zero-order chi connectivity index (χ0) is 10.7. The molecule has 2 heterocycles. The average Bonchev–Trinajstić information content (AvgIpc) is 2.64. The second-order valence-corrected chi connectivity index (χ2v) is 4.49. The summed E-state index contributed by atoms with van der Waals surface area (Å²) in [7, 11) is 0. The van der Waals surface area contributed by atoms with Crippen molar-refractivity contribution in [3.63, 3.8) is 0 Å². The van der Waals surface area contributed by atoms with E-state index < -0.39 is 0 Å². The van der Waals surface area contributed by atoms with Crippen molar-refractivity contribution in [3.05, 3.63) is 34.4 Å². The molecule has 0 aromatic carbocycles. The van der Waals surface area contributed by atoms with Gasteiger partial charge < -0.3 is 11.1 Å². The summed E-state index contributed by atoms with van der Waals surface area (Å²) in [5.74, 6) is 0.536. The minimum absolute atomic E-state index is 0.536. The normalized spacial score (nSPS) is 10.2. The molecule has 2 aromatic rings. The maximum absolute atomic E-state index is 5.49. The highest BCUT2D eigenvalue weighted by molar-refractivity contribution is 7.11. The third-order valence-corrected chi connectivity index (χ3v) is 2.84. The average molecular weight is 220 g/mol. The molecule has 0 saturated carbocycles. The summed E-state index contributed by atoms with van der Waals surface area (Å²) in [6.45, 7) is 2.77. The Morgan fingerprint density at radius 1 is 1.33 bits per heavy atom. The number of nitrogen functional groups attached to an aromatic ring is 1. The van der Waals surface area contributed by atoms with Crippen LogP contribution in [0.5, 0.6) is 0 Å². The summed E-state index contributed by atoms with van der Waals surface area (Å²) in [5, 5.41) is 4.34. The van der Waals surface area contributed by atoms with Crippen molar-refractivity contribution in [1.29, 1.82) is 0 Å². The second-order valence-electron chi connectivity index (χ2n) is 3.17. The lowest BCUT2D eigenvalue weighted by Gasteiger charge is -2.03. The Labute approximate surface area is 92.2 Å². The molecule has 2 aromatic heterocycles. The van der Waals surface area contributed by atoms with Gasteiger partial charge in [-0.3, -0.25) is 0 Å². The molecule has 0 aliphatic carbocycles. The molecule has 5 heteroatoms. The molecule has 0 unspecified atom stereocenters. The van der Waals surface area contributed by atoms with E-state index in [1.165, 1.54) is 4.88 Å². The van der Waals surface area contributed by atoms with E-state index in [4.69, 9.17) is 5.73 Å². The Balaban J connectivity index is 1.96. The van der Waals surface area contributed by atoms with Crippen LogP contribution in [0.4, 0.5) is 11.5 Å². The summed E-state index contributed by atoms with van der Waals surface area (Å²) in [5.41, 5.74) is 6.46. The lowest BCUT2D eigenvalue weighted by molar-refractivity contribution is 1.16. The fourth-order valence-electron chi connectivity index (χ4n) is 1.19. The molecule has 0 radical (unpaired) electrons. The molecule has 2 rings (SSSR count). The van der Waals surface area contributed by atoms with Crippen molar-refractivity contribution in [2.24, 2.45) is 0 Å². The highest BCUT2D eigenvalue weighted by Gasteiger charge is 1.98. The smallest absolute Gasteiger partial charge is 0.123 e. The van der Waals surface area contributed by atoms with Crippen molar-refractivity contribution in [1.82, 2.24) is 9.97 Å². The van der Waals surface area contributed by atoms with Crippen LogP contribution < -0.4 is 11.1 Å². The van der Waals surface area contributed by atoms with E-state index in [-0.39, 0.29) is 0 Å². The van der Waals surface area contributed by atoms with Crippen molar-refractivity contribution in [2.75, 3.05) is 11.1 Å². The highest BCUT2D eigenvalue weighted by atomic mass is 32.1. The number of nitrogens with zero attached hydrogens (tertiary/aromatic N) is 2. The maximum Gasteiger partial charge on any atom is 0.123 e. The number of pyridine rings is 1. The number of rotatable bonds is 3. The number of thiazole rings is 1. The van der Waals surface area contributed by atoms with Crippen molar-refractivity contribution >= 4 is 22.8 Å². The maximum atomic E-state index is 5.49. The van der Waals surface area contributed by atoms with Gasteiger partial charge >= 0.3 is 0 Å². The monoisotopic (exact) mass is 220 g/mol. The molecule has 0 bridgehead atoms. The number of aromatic nitrogens is 2. The summed E-state index contributed by atoms with van der Waals surface area (Å²) in [6, 6.07) is 3.69. The Hall–Kier alpha value is -1.62. The molecule has 4 nitrogen and oxygen atoms in total. The first-order valence-electron chi connectivity index (χ1n) is 4.61. The van der Waals surface area contributed by atoms with E-state index in [1.807, 2.05) is 19.2 Å². The summed E-state index contributed by atoms with van der Waals surface area (Å²) < 4.78 is 0. The summed E-state index contributed by atoms with van der Waals surface area (Å²) >= 11 is 1.69. The fraction of sp³-hybridized carbons (Fsp3) is 0.200. The molecule has 0 spiro atoms. The van der Waals surface area contributed by atoms with Crippen LogP contribution >= 0.6 is 11.3 Å². The summed E-state index contributed by atoms with van der Waals surface area (Å²) in [6.07, 6.45) is 3.61. The Kier molecular flexibility index (Phi) is 2.82. The largest absolute Gasteiger partial charge is 0.384 e. The van der Waals surface area contributed by atoms with Crippen LogP contribution in [-0.2, 0) is 6.54 Å². The molecule has 0 amide bonds. The van der Waals surface area contributed by atoms with Crippen LogP contribution in [0.1, 0.15) is 9.88 Å². The van der Waals surface area contributed by atoms with Gasteiger partial charge in [0.15, 0.2) is 0 Å². The standard InChI is InChI=1S/C10H12N4S/c1-7-12-5-9(15-7)6-13-8-2-3-10(11)14-4-8/h2-5,13H,6H2,1H3,(H2,11,14). The SMILES string of the molecule is Cc1ncc(CNc2ccc(N)nc2)s1. The molecule has 78 valence electrons. The molecule has 0 atom stereocenters. The first kappa shape index (κ1) is 9.92. The quantitative estimate of drug-likeness (QED) is 0.830. The molecule has 15 heavy (non-hydrogen) atoms. The molecule has 0 fully saturated rings. The van der Waals surface area contributed by atoms with Crippen LogP contribution in [0.15, 0.2) is 24.5 Å². The summed E-state index contributed by atoms with van der Waals surface area (Å²) in [4.78, 5) is 9.40. The predicted molar refractivity (Wildman–Crippen MR) is 62.8 cm³/mol. The van der Waals surface area contributed by atoms with Gasteiger partial charge in [0.25, 0.3) is 0 Å². The van der Waals surface area contributed by atoms with E-state index in [2.05, 4.69) is 15.3 Å². The molecule has 3 N–H and O–H groups in total. The van der Waals surface area contributed by atoms with Crippen LogP contribution in [0.2, 0.25) is 0 Å².